The second kappa shape index (κ2) is 10.5. The number of rotatable bonds is 7. The van der Waals surface area contributed by atoms with Crippen LogP contribution < -0.4 is 10.6 Å². The summed E-state index contributed by atoms with van der Waals surface area (Å²) >= 11 is 1.56. The number of amides is 3. The Bertz CT molecular complexity index is 1310. The Morgan fingerprint density at radius 3 is 2.60 bits per heavy atom. The van der Waals surface area contributed by atoms with Crippen LogP contribution in [0.2, 0.25) is 0 Å². The maximum absolute atomic E-state index is 14.2. The van der Waals surface area contributed by atoms with Crippen LogP contribution in [0.3, 0.4) is 0 Å². The Morgan fingerprint density at radius 1 is 1.12 bits per heavy atom. The first-order chi connectivity index (χ1) is 19.2. The summed E-state index contributed by atoms with van der Waals surface area (Å²) in [7, 11) is 0. The lowest BCUT2D eigenvalue weighted by Gasteiger charge is -2.38. The minimum Gasteiger partial charge on any atom is -0.359 e. The Kier molecular flexibility index (Phi) is 7.11. The molecule has 8 atom stereocenters. The molecule has 40 heavy (non-hydrogen) atoms. The van der Waals surface area contributed by atoms with Gasteiger partial charge in [0.2, 0.25) is 17.7 Å². The number of thiophene rings is 1. The zero-order chi connectivity index (χ0) is 28.2. The zero-order valence-corrected chi connectivity index (χ0v) is 24.4. The molecule has 4 heterocycles. The van der Waals surface area contributed by atoms with E-state index in [-0.39, 0.29) is 23.8 Å². The van der Waals surface area contributed by atoms with Crippen LogP contribution in [-0.4, -0.2) is 46.4 Å². The fraction of sp³-hybridized carbons (Fsp3) is 0.531. The number of nitrogens with one attached hydrogen (secondary N) is 2. The van der Waals surface area contributed by atoms with Crippen LogP contribution in [0.1, 0.15) is 63.3 Å². The van der Waals surface area contributed by atoms with Crippen molar-refractivity contribution in [3.63, 3.8) is 0 Å². The van der Waals surface area contributed by atoms with E-state index in [0.717, 1.165) is 24.1 Å². The average Bonchev–Trinajstić information content (AvgIpc) is 3.70. The van der Waals surface area contributed by atoms with Crippen molar-refractivity contribution in [2.75, 3.05) is 5.32 Å². The van der Waals surface area contributed by atoms with Crippen molar-refractivity contribution in [3.05, 3.63) is 64.4 Å². The van der Waals surface area contributed by atoms with Crippen molar-refractivity contribution in [1.82, 2.24) is 10.2 Å². The van der Waals surface area contributed by atoms with Crippen molar-refractivity contribution in [2.24, 2.45) is 23.7 Å². The summed E-state index contributed by atoms with van der Waals surface area (Å²) in [5, 5.41) is 8.31. The first kappa shape index (κ1) is 27.2. The van der Waals surface area contributed by atoms with Crippen LogP contribution in [0.25, 0.3) is 0 Å². The number of likely N-dealkylation sites (tertiary alicyclic amines) is 1. The first-order valence-corrected chi connectivity index (χ1v) is 15.5. The standard InChI is InChI=1S/C32H39N3O4S/c1-18(2)21-10-12-22(13-11-21)33-29(36)26-25-14-15-32(39-25)27(26)31(38)35(17-23-8-6-16-40-23)28(32)30(37)34-24-9-5-7-19(3)20(24)4/h6,8,10-16,18-20,24-28H,5,7,9,17H2,1-4H3,(H,33,36)(H,34,37)/t19-,20+,24-,25-,26+,27-,28-,32-/m1/s1. The van der Waals surface area contributed by atoms with Crippen LogP contribution in [0.5, 0.6) is 0 Å². The Hall–Kier alpha value is -2.97. The molecule has 1 spiro atoms. The Labute approximate surface area is 240 Å². The molecule has 8 heteroatoms. The minimum absolute atomic E-state index is 0.0564. The van der Waals surface area contributed by atoms with Crippen LogP contribution in [0.4, 0.5) is 5.69 Å². The van der Waals surface area contributed by atoms with Gasteiger partial charge in [0.1, 0.15) is 11.6 Å². The lowest BCUT2D eigenvalue weighted by molar-refractivity contribution is -0.142. The third kappa shape index (κ3) is 4.49. The summed E-state index contributed by atoms with van der Waals surface area (Å²) in [6.45, 7) is 9.01. The van der Waals surface area contributed by atoms with Gasteiger partial charge in [-0.15, -0.1) is 11.3 Å². The Morgan fingerprint density at radius 2 is 1.90 bits per heavy atom. The first-order valence-electron chi connectivity index (χ1n) is 14.6. The van der Waals surface area contributed by atoms with E-state index < -0.39 is 29.6 Å². The molecular formula is C32H39N3O4S. The highest BCUT2D eigenvalue weighted by atomic mass is 32.1. The summed E-state index contributed by atoms with van der Waals surface area (Å²) in [5.41, 5.74) is 0.718. The molecule has 3 amide bonds. The lowest BCUT2D eigenvalue weighted by atomic mass is 9.73. The fourth-order valence-electron chi connectivity index (χ4n) is 7.23. The molecule has 3 aliphatic heterocycles. The molecule has 2 bridgehead atoms. The maximum Gasteiger partial charge on any atom is 0.246 e. The van der Waals surface area contributed by atoms with Crippen LogP contribution in [-0.2, 0) is 25.7 Å². The molecule has 2 saturated heterocycles. The van der Waals surface area contributed by atoms with Crippen molar-refractivity contribution in [1.29, 1.82) is 0 Å². The zero-order valence-electron chi connectivity index (χ0n) is 23.6. The van der Waals surface area contributed by atoms with Crippen molar-refractivity contribution in [2.45, 2.75) is 83.2 Å². The van der Waals surface area contributed by atoms with Crippen molar-refractivity contribution < 1.29 is 19.1 Å². The molecule has 0 radical (unpaired) electrons. The number of carbonyl (C=O) groups excluding carboxylic acids is 3. The van der Waals surface area contributed by atoms with E-state index in [4.69, 9.17) is 4.74 Å². The third-order valence-electron chi connectivity index (χ3n) is 9.71. The number of fused-ring (bicyclic) bond motifs is 1. The van der Waals surface area contributed by atoms with Gasteiger partial charge in [0.05, 0.1) is 24.5 Å². The molecule has 4 aliphatic rings. The van der Waals surface area contributed by atoms with E-state index >= 15 is 0 Å². The largest absolute Gasteiger partial charge is 0.359 e. The third-order valence-corrected chi connectivity index (χ3v) is 10.6. The van der Waals surface area contributed by atoms with Crippen LogP contribution >= 0.6 is 11.3 Å². The number of anilines is 1. The summed E-state index contributed by atoms with van der Waals surface area (Å²) in [5.74, 6) is -0.824. The number of benzene rings is 1. The quantitative estimate of drug-likeness (QED) is 0.461. The van der Waals surface area contributed by atoms with Crippen LogP contribution in [0.15, 0.2) is 53.9 Å². The normalized spacial score (nSPS) is 34.4. The topological polar surface area (TPSA) is 87.7 Å². The number of ether oxygens (including phenoxy) is 1. The second-order valence-electron chi connectivity index (χ2n) is 12.4. The van der Waals surface area contributed by atoms with E-state index in [1.165, 1.54) is 5.56 Å². The lowest BCUT2D eigenvalue weighted by Crippen LogP contribution is -2.57. The highest BCUT2D eigenvalue weighted by Crippen LogP contribution is 2.55. The molecule has 212 valence electrons. The molecule has 7 nitrogen and oxygen atoms in total. The SMILES string of the molecule is CC(C)c1ccc(NC(=O)[C@H]2[C@H]3C=C[C@@]4(O3)[C@H]2C(=O)N(Cc2cccs2)[C@@H]4C(=O)N[C@@H]2CCC[C@@H](C)[C@@H]2C)cc1. The molecule has 1 aromatic carbocycles. The van der Waals surface area contributed by atoms with Gasteiger partial charge in [-0.2, -0.15) is 0 Å². The van der Waals surface area contributed by atoms with Crippen molar-refractivity contribution >= 4 is 34.7 Å². The van der Waals surface area contributed by atoms with Gasteiger partial charge >= 0.3 is 0 Å². The highest BCUT2D eigenvalue weighted by Gasteiger charge is 2.72. The molecular weight excluding hydrogens is 522 g/mol. The second-order valence-corrected chi connectivity index (χ2v) is 13.4. The van der Waals surface area contributed by atoms with E-state index in [9.17, 15) is 14.4 Å². The average molecular weight is 562 g/mol. The molecule has 2 N–H and O–H groups in total. The summed E-state index contributed by atoms with van der Waals surface area (Å²) in [4.78, 5) is 44.6. The Balaban J connectivity index is 1.29. The predicted molar refractivity (Wildman–Crippen MR) is 156 cm³/mol. The van der Waals surface area contributed by atoms with E-state index in [1.54, 1.807) is 16.2 Å². The molecule has 2 aromatic rings. The molecule has 0 unspecified atom stereocenters. The fourth-order valence-corrected chi connectivity index (χ4v) is 7.94. The molecule has 3 fully saturated rings. The van der Waals surface area contributed by atoms with Gasteiger partial charge < -0.3 is 20.3 Å². The van der Waals surface area contributed by atoms with Crippen molar-refractivity contribution in [3.8, 4) is 0 Å². The molecule has 1 saturated carbocycles. The van der Waals surface area contributed by atoms with Gasteiger partial charge in [0.15, 0.2) is 0 Å². The highest BCUT2D eigenvalue weighted by molar-refractivity contribution is 7.09. The van der Waals surface area contributed by atoms with Gasteiger partial charge in [-0.1, -0.05) is 70.9 Å². The van der Waals surface area contributed by atoms with Crippen LogP contribution in [0, 0.1) is 23.7 Å². The number of hydrogen-bond acceptors (Lipinski definition) is 5. The monoisotopic (exact) mass is 561 g/mol. The van der Waals surface area contributed by atoms with E-state index in [0.29, 0.717) is 30.0 Å². The minimum atomic E-state index is -1.16. The maximum atomic E-state index is 14.2. The number of carbonyl (C=O) groups is 3. The molecule has 1 aromatic heterocycles. The van der Waals surface area contributed by atoms with E-state index in [2.05, 4.69) is 38.3 Å². The van der Waals surface area contributed by atoms with Gasteiger partial charge in [0, 0.05) is 16.6 Å². The predicted octanol–water partition coefficient (Wildman–Crippen LogP) is 5.10. The van der Waals surface area contributed by atoms with Gasteiger partial charge in [-0.3, -0.25) is 14.4 Å². The summed E-state index contributed by atoms with van der Waals surface area (Å²) in [6.07, 6.45) is 6.38. The summed E-state index contributed by atoms with van der Waals surface area (Å²) in [6, 6.07) is 11.0. The van der Waals surface area contributed by atoms with Gasteiger partial charge in [-0.25, -0.2) is 0 Å². The summed E-state index contributed by atoms with van der Waals surface area (Å²) < 4.78 is 6.50. The van der Waals surface area contributed by atoms with E-state index in [1.807, 2.05) is 53.9 Å². The van der Waals surface area contributed by atoms with Gasteiger partial charge in [-0.05, 0) is 53.3 Å². The van der Waals surface area contributed by atoms with Gasteiger partial charge in [0.25, 0.3) is 0 Å². The number of nitrogens with zero attached hydrogens (tertiary/aromatic N) is 1. The smallest absolute Gasteiger partial charge is 0.246 e. The molecule has 1 aliphatic carbocycles. The number of hydrogen-bond donors (Lipinski definition) is 2. The molecule has 6 rings (SSSR count).